The third kappa shape index (κ3) is 4.77. The summed E-state index contributed by atoms with van der Waals surface area (Å²) in [6, 6.07) is 4.94. The molecule has 5 heteroatoms. The largest absolute Gasteiger partial charge is 1.00 e. The van der Waals surface area contributed by atoms with Crippen molar-refractivity contribution in [1.82, 2.24) is 0 Å². The van der Waals surface area contributed by atoms with Crippen LogP contribution in [-0.2, 0) is 4.79 Å². The molecule has 0 saturated carbocycles. The average Bonchev–Trinajstić information content (AvgIpc) is 2.07. The van der Waals surface area contributed by atoms with Gasteiger partial charge < -0.3 is 14.6 Å². The Morgan fingerprint density at radius 2 is 2.21 bits per heavy atom. The average molecular weight is 239 g/mol. The quantitative estimate of drug-likeness (QED) is 0.561. The minimum atomic E-state index is -1.24. The van der Waals surface area contributed by atoms with Crippen LogP contribution < -0.4 is 61.2 Å². The van der Waals surface area contributed by atoms with E-state index < -0.39 is 12.6 Å². The molecule has 14 heavy (non-hydrogen) atoms. The topological polar surface area (TPSA) is 49.4 Å². The molecule has 0 saturated heterocycles. The summed E-state index contributed by atoms with van der Waals surface area (Å²) in [5, 5.41) is 10.7. The van der Waals surface area contributed by atoms with Crippen LogP contribution in [0.5, 0.6) is 5.75 Å². The van der Waals surface area contributed by atoms with Gasteiger partial charge in [0.05, 0.1) is 5.97 Å². The van der Waals surface area contributed by atoms with Crippen LogP contribution in [-0.4, -0.2) is 12.6 Å². The Bertz CT molecular complexity index is 328. The number of carbonyl (C=O) groups excluding carboxylic acids is 1. The molecule has 0 spiro atoms. The van der Waals surface area contributed by atoms with Gasteiger partial charge in [0.15, 0.2) is 0 Å². The summed E-state index contributed by atoms with van der Waals surface area (Å²) < 4.78 is 4.88. The molecule has 1 rings (SSSR count). The summed E-state index contributed by atoms with van der Waals surface area (Å²) in [7, 11) is 0. The molecule has 0 aliphatic heterocycles. The molecule has 70 valence electrons. The third-order valence-corrected chi connectivity index (χ3v) is 1.91. The number of aryl methyl sites for hydroxylation is 1. The summed E-state index contributed by atoms with van der Waals surface area (Å²) in [5.74, 6) is -0.765. The van der Waals surface area contributed by atoms with Crippen molar-refractivity contribution in [2.75, 3.05) is 6.61 Å². The van der Waals surface area contributed by atoms with Crippen molar-refractivity contribution >= 4 is 17.6 Å². The number of carbonyl (C=O) groups is 1. The van der Waals surface area contributed by atoms with Gasteiger partial charge in [0.2, 0.25) is 0 Å². The van der Waals surface area contributed by atoms with Crippen molar-refractivity contribution in [3.05, 3.63) is 28.8 Å². The van der Waals surface area contributed by atoms with Gasteiger partial charge in [0, 0.05) is 5.02 Å². The van der Waals surface area contributed by atoms with Gasteiger partial charge in [0.25, 0.3) is 0 Å². The first-order valence-corrected chi connectivity index (χ1v) is 4.06. The van der Waals surface area contributed by atoms with Crippen LogP contribution in [0.4, 0.5) is 0 Å². The second kappa shape index (κ2) is 6.82. The van der Waals surface area contributed by atoms with E-state index in [4.69, 9.17) is 16.3 Å². The van der Waals surface area contributed by atoms with Crippen molar-refractivity contribution in [2.45, 2.75) is 6.92 Å². The minimum absolute atomic E-state index is 0. The maximum Gasteiger partial charge on any atom is 1.00 e. The van der Waals surface area contributed by atoms with E-state index in [9.17, 15) is 9.90 Å². The number of hydrogen-bond acceptors (Lipinski definition) is 3. The van der Waals surface area contributed by atoms with E-state index in [1.54, 1.807) is 18.2 Å². The number of ether oxygens (including phenoxy) is 1. The molecular formula is C9H8ClKO3. The minimum Gasteiger partial charge on any atom is -0.546 e. The zero-order valence-corrected chi connectivity index (χ0v) is 11.9. The Kier molecular flexibility index (Phi) is 7.02. The fourth-order valence-electron chi connectivity index (χ4n) is 0.849. The normalized spacial score (nSPS) is 9.00. The Balaban J connectivity index is 0.00000169. The van der Waals surface area contributed by atoms with E-state index in [0.717, 1.165) is 5.56 Å². The van der Waals surface area contributed by atoms with Gasteiger partial charge in [-0.25, -0.2) is 0 Å². The molecule has 0 radical (unpaired) electrons. The van der Waals surface area contributed by atoms with Crippen LogP contribution in [0.3, 0.4) is 0 Å². The summed E-state index contributed by atoms with van der Waals surface area (Å²) in [4.78, 5) is 10.1. The molecule has 0 amide bonds. The van der Waals surface area contributed by atoms with E-state index >= 15 is 0 Å². The van der Waals surface area contributed by atoms with Gasteiger partial charge in [0.1, 0.15) is 12.4 Å². The number of hydrogen-bond donors (Lipinski definition) is 0. The van der Waals surface area contributed by atoms with Gasteiger partial charge in [-0.1, -0.05) is 11.6 Å². The molecule has 3 nitrogen and oxygen atoms in total. The third-order valence-electron chi connectivity index (χ3n) is 1.49. The van der Waals surface area contributed by atoms with Gasteiger partial charge >= 0.3 is 51.4 Å². The van der Waals surface area contributed by atoms with E-state index in [2.05, 4.69) is 0 Å². The Hall–Kier alpha value is 0.416. The van der Waals surface area contributed by atoms with Gasteiger partial charge in [-0.05, 0) is 30.7 Å². The maximum atomic E-state index is 10.1. The van der Waals surface area contributed by atoms with Crippen LogP contribution in [0.15, 0.2) is 18.2 Å². The standard InChI is InChI=1S/C9H9ClO3.K/c1-6-4-7(2-3-8(6)10)13-5-9(11)12;/h2-4H,5H2,1H3,(H,11,12);/q;+1/p-1. The van der Waals surface area contributed by atoms with Crippen LogP contribution in [0.2, 0.25) is 5.02 Å². The first-order chi connectivity index (χ1) is 6.09. The van der Waals surface area contributed by atoms with Gasteiger partial charge in [-0.2, -0.15) is 0 Å². The molecule has 0 atom stereocenters. The molecule has 0 bridgehead atoms. The van der Waals surface area contributed by atoms with Crippen LogP contribution in [0, 0.1) is 6.92 Å². The maximum absolute atomic E-state index is 10.1. The summed E-state index contributed by atoms with van der Waals surface area (Å²) in [6.07, 6.45) is 0. The molecule has 0 unspecified atom stereocenters. The Morgan fingerprint density at radius 3 is 2.71 bits per heavy atom. The summed E-state index contributed by atoms with van der Waals surface area (Å²) in [6.45, 7) is 1.37. The predicted octanol–water partition coefficient (Wildman–Crippen LogP) is -2.22. The van der Waals surface area contributed by atoms with Crippen molar-refractivity contribution < 1.29 is 66.0 Å². The van der Waals surface area contributed by atoms with E-state index in [0.29, 0.717) is 10.8 Å². The summed E-state index contributed by atoms with van der Waals surface area (Å²) >= 11 is 5.76. The fraction of sp³-hybridized carbons (Fsp3) is 0.222. The first-order valence-electron chi connectivity index (χ1n) is 3.68. The molecule has 0 heterocycles. The van der Waals surface area contributed by atoms with Crippen LogP contribution in [0.1, 0.15) is 5.56 Å². The molecular weight excluding hydrogens is 231 g/mol. The molecule has 1 aromatic carbocycles. The Labute approximate surface area is 130 Å². The number of aliphatic carboxylic acids is 1. The molecule has 0 N–H and O–H groups in total. The number of halogens is 1. The van der Waals surface area contributed by atoms with Gasteiger partial charge in [-0.3, -0.25) is 0 Å². The van der Waals surface area contributed by atoms with E-state index in [-0.39, 0.29) is 51.4 Å². The molecule has 1 aromatic rings. The second-order valence-corrected chi connectivity index (χ2v) is 2.98. The van der Waals surface area contributed by atoms with Crippen LogP contribution in [0.25, 0.3) is 0 Å². The number of carboxylic acids is 1. The van der Waals surface area contributed by atoms with Crippen molar-refractivity contribution in [1.29, 1.82) is 0 Å². The zero-order valence-electron chi connectivity index (χ0n) is 8.04. The van der Waals surface area contributed by atoms with Crippen molar-refractivity contribution in [3.63, 3.8) is 0 Å². The van der Waals surface area contributed by atoms with Crippen molar-refractivity contribution in [2.24, 2.45) is 0 Å². The monoisotopic (exact) mass is 238 g/mol. The van der Waals surface area contributed by atoms with E-state index in [1.807, 2.05) is 6.92 Å². The Morgan fingerprint density at radius 1 is 1.57 bits per heavy atom. The van der Waals surface area contributed by atoms with E-state index in [1.165, 1.54) is 0 Å². The van der Waals surface area contributed by atoms with Crippen LogP contribution >= 0.6 is 11.6 Å². The molecule has 0 aromatic heterocycles. The van der Waals surface area contributed by atoms with Crippen molar-refractivity contribution in [3.8, 4) is 5.75 Å². The molecule has 0 aliphatic carbocycles. The molecule has 0 aliphatic rings. The molecule has 0 fully saturated rings. The fourth-order valence-corrected chi connectivity index (χ4v) is 0.967. The number of carboxylic acid groups (broad SMARTS) is 1. The SMILES string of the molecule is Cc1cc(OCC(=O)[O-])ccc1Cl.[K+]. The number of rotatable bonds is 3. The van der Waals surface area contributed by atoms with Gasteiger partial charge in [-0.15, -0.1) is 0 Å². The number of benzene rings is 1. The smallest absolute Gasteiger partial charge is 0.546 e. The first kappa shape index (κ1) is 14.4. The summed E-state index contributed by atoms with van der Waals surface area (Å²) in [5.41, 5.74) is 0.845. The zero-order chi connectivity index (χ0) is 9.84. The second-order valence-electron chi connectivity index (χ2n) is 2.57. The predicted molar refractivity (Wildman–Crippen MR) is 46.7 cm³/mol.